The Labute approximate surface area is 157 Å². The van der Waals surface area contributed by atoms with Crippen molar-refractivity contribution in [3.8, 4) is 0 Å². The normalized spacial score (nSPS) is 14.4. The summed E-state index contributed by atoms with van der Waals surface area (Å²) in [4.78, 5) is 42.2. The van der Waals surface area contributed by atoms with Gasteiger partial charge in [0.15, 0.2) is 0 Å². The SMILES string of the molecule is O=C(CNC(=O)c1ccccc1)NC1CCN(C(=O)c2ccccn2)CC1. The lowest BCUT2D eigenvalue weighted by Gasteiger charge is -2.32. The Hall–Kier alpha value is -3.22. The summed E-state index contributed by atoms with van der Waals surface area (Å²) in [6.07, 6.45) is 2.96. The average Bonchev–Trinajstić information content (AvgIpc) is 2.73. The second kappa shape index (κ2) is 8.93. The fraction of sp³-hybridized carbons (Fsp3) is 0.300. The summed E-state index contributed by atoms with van der Waals surface area (Å²) in [6.45, 7) is 1.06. The van der Waals surface area contributed by atoms with Gasteiger partial charge in [-0.2, -0.15) is 0 Å². The largest absolute Gasteiger partial charge is 0.352 e. The Morgan fingerprint density at radius 3 is 2.37 bits per heavy atom. The summed E-state index contributed by atoms with van der Waals surface area (Å²) in [5, 5.41) is 5.53. The number of pyridine rings is 1. The number of nitrogens with zero attached hydrogens (tertiary/aromatic N) is 2. The van der Waals surface area contributed by atoms with Crippen LogP contribution in [-0.2, 0) is 4.79 Å². The Kier molecular flexibility index (Phi) is 6.14. The fourth-order valence-electron chi connectivity index (χ4n) is 3.01. The van der Waals surface area contributed by atoms with Gasteiger partial charge in [0.05, 0.1) is 6.54 Å². The minimum Gasteiger partial charge on any atom is -0.352 e. The third-order valence-electron chi connectivity index (χ3n) is 4.48. The van der Waals surface area contributed by atoms with Crippen LogP contribution in [0, 0.1) is 0 Å². The molecule has 0 saturated carbocycles. The highest BCUT2D eigenvalue weighted by Gasteiger charge is 2.25. The van der Waals surface area contributed by atoms with Gasteiger partial charge < -0.3 is 15.5 Å². The van der Waals surface area contributed by atoms with Gasteiger partial charge >= 0.3 is 0 Å². The van der Waals surface area contributed by atoms with Crippen LogP contribution in [0.15, 0.2) is 54.7 Å². The van der Waals surface area contributed by atoms with Crippen molar-refractivity contribution in [2.24, 2.45) is 0 Å². The Balaban J connectivity index is 1.40. The van der Waals surface area contributed by atoms with Crippen molar-refractivity contribution in [2.75, 3.05) is 19.6 Å². The first-order valence-corrected chi connectivity index (χ1v) is 8.96. The van der Waals surface area contributed by atoms with Gasteiger partial charge in [-0.25, -0.2) is 0 Å². The van der Waals surface area contributed by atoms with Crippen LogP contribution < -0.4 is 10.6 Å². The quantitative estimate of drug-likeness (QED) is 0.833. The first kappa shape index (κ1) is 18.6. The lowest BCUT2D eigenvalue weighted by Crippen LogP contribution is -2.48. The molecule has 2 aromatic rings. The van der Waals surface area contributed by atoms with E-state index in [9.17, 15) is 14.4 Å². The number of carbonyl (C=O) groups excluding carboxylic acids is 3. The van der Waals surface area contributed by atoms with Gasteiger partial charge in [0.2, 0.25) is 5.91 Å². The molecular formula is C20H22N4O3. The molecule has 27 heavy (non-hydrogen) atoms. The lowest BCUT2D eigenvalue weighted by molar-refractivity contribution is -0.121. The molecule has 1 aromatic carbocycles. The molecule has 1 aliphatic rings. The monoisotopic (exact) mass is 366 g/mol. The Morgan fingerprint density at radius 2 is 1.70 bits per heavy atom. The number of nitrogens with one attached hydrogen (secondary N) is 2. The van der Waals surface area contributed by atoms with Crippen molar-refractivity contribution < 1.29 is 14.4 Å². The second-order valence-corrected chi connectivity index (χ2v) is 6.40. The number of amides is 3. The van der Waals surface area contributed by atoms with Crippen LogP contribution in [-0.4, -0.2) is 53.3 Å². The average molecular weight is 366 g/mol. The predicted molar refractivity (Wildman–Crippen MR) is 100 cm³/mol. The van der Waals surface area contributed by atoms with Crippen LogP contribution in [0.1, 0.15) is 33.7 Å². The lowest BCUT2D eigenvalue weighted by atomic mass is 10.0. The molecule has 3 rings (SSSR count). The number of benzene rings is 1. The maximum Gasteiger partial charge on any atom is 0.272 e. The maximum atomic E-state index is 12.4. The molecule has 7 nitrogen and oxygen atoms in total. The van der Waals surface area contributed by atoms with Crippen LogP contribution in [0.4, 0.5) is 0 Å². The molecule has 2 N–H and O–H groups in total. The smallest absolute Gasteiger partial charge is 0.272 e. The molecule has 0 unspecified atom stereocenters. The standard InChI is InChI=1S/C20H22N4O3/c25-18(14-22-19(26)15-6-2-1-3-7-15)23-16-9-12-24(13-10-16)20(27)17-8-4-5-11-21-17/h1-8,11,16H,9-10,12-14H2,(H,22,26)(H,23,25). The third kappa shape index (κ3) is 5.13. The van der Waals surface area contributed by atoms with E-state index in [4.69, 9.17) is 0 Å². The fourth-order valence-corrected chi connectivity index (χ4v) is 3.01. The van der Waals surface area contributed by atoms with Gasteiger partial charge in [-0.15, -0.1) is 0 Å². The molecular weight excluding hydrogens is 344 g/mol. The molecule has 0 bridgehead atoms. The summed E-state index contributed by atoms with van der Waals surface area (Å²) >= 11 is 0. The van der Waals surface area contributed by atoms with Gasteiger partial charge in [0.1, 0.15) is 5.69 Å². The van der Waals surface area contributed by atoms with Crippen LogP contribution in [0.5, 0.6) is 0 Å². The van der Waals surface area contributed by atoms with E-state index in [1.54, 1.807) is 53.6 Å². The number of hydrogen-bond acceptors (Lipinski definition) is 4. The van der Waals surface area contributed by atoms with E-state index in [-0.39, 0.29) is 30.3 Å². The zero-order valence-electron chi connectivity index (χ0n) is 14.9. The van der Waals surface area contributed by atoms with E-state index in [2.05, 4.69) is 15.6 Å². The Morgan fingerprint density at radius 1 is 1.00 bits per heavy atom. The molecule has 3 amide bonds. The van der Waals surface area contributed by atoms with Crippen LogP contribution in [0.3, 0.4) is 0 Å². The third-order valence-corrected chi connectivity index (χ3v) is 4.48. The van der Waals surface area contributed by atoms with E-state index < -0.39 is 0 Å². The molecule has 0 radical (unpaired) electrons. The highest BCUT2D eigenvalue weighted by Crippen LogP contribution is 2.13. The molecule has 0 aliphatic carbocycles. The van der Waals surface area contributed by atoms with Gasteiger partial charge in [-0.3, -0.25) is 19.4 Å². The van der Waals surface area contributed by atoms with Gasteiger partial charge in [0.25, 0.3) is 11.8 Å². The van der Waals surface area contributed by atoms with Crippen molar-refractivity contribution >= 4 is 17.7 Å². The zero-order valence-corrected chi connectivity index (χ0v) is 14.9. The molecule has 1 aliphatic heterocycles. The van der Waals surface area contributed by atoms with Crippen LogP contribution in [0.25, 0.3) is 0 Å². The molecule has 0 spiro atoms. The topological polar surface area (TPSA) is 91.4 Å². The van der Waals surface area contributed by atoms with E-state index >= 15 is 0 Å². The van der Waals surface area contributed by atoms with Gasteiger partial charge in [-0.1, -0.05) is 24.3 Å². The number of aromatic nitrogens is 1. The van der Waals surface area contributed by atoms with Gasteiger partial charge in [0, 0.05) is 30.9 Å². The molecule has 140 valence electrons. The zero-order chi connectivity index (χ0) is 19.1. The number of hydrogen-bond donors (Lipinski definition) is 2. The first-order valence-electron chi connectivity index (χ1n) is 8.96. The molecule has 0 atom stereocenters. The van der Waals surface area contributed by atoms with E-state index in [1.165, 1.54) is 0 Å². The summed E-state index contributed by atoms with van der Waals surface area (Å²) < 4.78 is 0. The summed E-state index contributed by atoms with van der Waals surface area (Å²) in [6, 6.07) is 14.0. The molecule has 1 saturated heterocycles. The van der Waals surface area contributed by atoms with E-state index in [0.29, 0.717) is 37.2 Å². The predicted octanol–water partition coefficient (Wildman–Crippen LogP) is 1.23. The molecule has 2 heterocycles. The highest BCUT2D eigenvalue weighted by atomic mass is 16.2. The van der Waals surface area contributed by atoms with E-state index in [1.807, 2.05) is 6.07 Å². The number of likely N-dealkylation sites (tertiary alicyclic amines) is 1. The summed E-state index contributed by atoms with van der Waals surface area (Å²) in [5.41, 5.74) is 0.954. The first-order chi connectivity index (χ1) is 13.1. The molecule has 1 fully saturated rings. The number of carbonyl (C=O) groups is 3. The minimum absolute atomic E-state index is 0.00101. The number of piperidine rings is 1. The van der Waals surface area contributed by atoms with Crippen molar-refractivity contribution in [2.45, 2.75) is 18.9 Å². The van der Waals surface area contributed by atoms with Crippen LogP contribution >= 0.6 is 0 Å². The molecule has 7 heteroatoms. The van der Waals surface area contributed by atoms with Crippen molar-refractivity contribution in [3.63, 3.8) is 0 Å². The second-order valence-electron chi connectivity index (χ2n) is 6.40. The van der Waals surface area contributed by atoms with Crippen LogP contribution in [0.2, 0.25) is 0 Å². The van der Waals surface area contributed by atoms with Gasteiger partial charge in [-0.05, 0) is 37.1 Å². The van der Waals surface area contributed by atoms with Crippen molar-refractivity contribution in [1.82, 2.24) is 20.5 Å². The Bertz CT molecular complexity index is 787. The minimum atomic E-state index is -0.276. The maximum absolute atomic E-state index is 12.4. The highest BCUT2D eigenvalue weighted by molar-refractivity contribution is 5.96. The molecule has 1 aromatic heterocycles. The van der Waals surface area contributed by atoms with Crippen molar-refractivity contribution in [1.29, 1.82) is 0 Å². The number of rotatable bonds is 5. The van der Waals surface area contributed by atoms with E-state index in [0.717, 1.165) is 0 Å². The summed E-state index contributed by atoms with van der Waals surface area (Å²) in [7, 11) is 0. The summed E-state index contributed by atoms with van der Waals surface area (Å²) in [5.74, 6) is -0.592. The van der Waals surface area contributed by atoms with Crippen molar-refractivity contribution in [3.05, 3.63) is 66.0 Å².